The van der Waals surface area contributed by atoms with Crippen molar-refractivity contribution in [2.45, 2.75) is 13.3 Å². The number of pyridine rings is 1. The van der Waals surface area contributed by atoms with Crippen LogP contribution in [0.1, 0.15) is 12.0 Å². The van der Waals surface area contributed by atoms with E-state index >= 15 is 0 Å². The molecule has 182 valence electrons. The number of hydrogen-bond donors (Lipinski definition) is 2. The Morgan fingerprint density at radius 2 is 1.85 bits per heavy atom. The monoisotopic (exact) mass is 486 g/mol. The maximum absolute atomic E-state index is 6.49. The van der Waals surface area contributed by atoms with E-state index in [1.54, 1.807) is 20.4 Å². The average Bonchev–Trinajstić information content (AvgIpc) is 2.85. The molecule has 0 atom stereocenters. The zero-order chi connectivity index (χ0) is 24.1. The summed E-state index contributed by atoms with van der Waals surface area (Å²) in [4.78, 5) is 6.90. The molecule has 9 heteroatoms. The fourth-order valence-electron chi connectivity index (χ4n) is 4.03. The third-order valence-corrected chi connectivity index (χ3v) is 6.22. The maximum atomic E-state index is 6.49. The number of fused-ring (bicyclic) bond motifs is 1. The van der Waals surface area contributed by atoms with E-state index in [1.807, 2.05) is 31.2 Å². The Balaban J connectivity index is 1.56. The summed E-state index contributed by atoms with van der Waals surface area (Å²) in [6.45, 7) is 7.03. The Kier molecular flexibility index (Phi) is 7.82. The highest BCUT2D eigenvalue weighted by Crippen LogP contribution is 2.40. The first-order valence-corrected chi connectivity index (χ1v) is 11.7. The molecule has 0 saturated carbocycles. The van der Waals surface area contributed by atoms with Crippen molar-refractivity contribution in [3.05, 3.63) is 41.0 Å². The molecule has 0 spiro atoms. The largest absolute Gasteiger partial charge is 0.496 e. The number of morpholine rings is 1. The number of aryl methyl sites for hydroxylation is 1. The summed E-state index contributed by atoms with van der Waals surface area (Å²) < 4.78 is 22.5. The topological polar surface area (TPSA) is 91.1 Å². The molecule has 8 nitrogen and oxygen atoms in total. The SMILES string of the molecule is COc1cc(Nc2c(N)cnc3cc(OCCCN4CCOCC4)c(OC)cc23)c(Cl)cc1C. The van der Waals surface area contributed by atoms with Gasteiger partial charge in [-0.2, -0.15) is 0 Å². The van der Waals surface area contributed by atoms with E-state index in [9.17, 15) is 0 Å². The van der Waals surface area contributed by atoms with Crippen LogP contribution in [0.4, 0.5) is 17.1 Å². The number of aromatic nitrogens is 1. The highest BCUT2D eigenvalue weighted by atomic mass is 35.5. The van der Waals surface area contributed by atoms with Gasteiger partial charge in [-0.1, -0.05) is 11.6 Å². The van der Waals surface area contributed by atoms with Crippen LogP contribution in [0.15, 0.2) is 30.5 Å². The van der Waals surface area contributed by atoms with Gasteiger partial charge in [0, 0.05) is 37.2 Å². The molecular formula is C25H31ClN4O4. The molecule has 1 saturated heterocycles. The Morgan fingerprint density at radius 1 is 1.09 bits per heavy atom. The molecule has 3 N–H and O–H groups in total. The number of benzene rings is 2. The number of nitrogens with two attached hydrogens (primary N) is 1. The predicted octanol–water partition coefficient (Wildman–Crippen LogP) is 4.64. The molecule has 4 rings (SSSR count). The van der Waals surface area contributed by atoms with Crippen LogP contribution in [0.25, 0.3) is 10.9 Å². The second-order valence-electron chi connectivity index (χ2n) is 8.19. The third-order valence-electron chi connectivity index (χ3n) is 5.91. The predicted molar refractivity (Wildman–Crippen MR) is 136 cm³/mol. The number of nitrogens with zero attached hydrogens (tertiary/aromatic N) is 2. The lowest BCUT2D eigenvalue weighted by Crippen LogP contribution is -2.37. The number of hydrogen-bond acceptors (Lipinski definition) is 8. The molecular weight excluding hydrogens is 456 g/mol. The molecule has 0 unspecified atom stereocenters. The zero-order valence-corrected chi connectivity index (χ0v) is 20.6. The normalized spacial score (nSPS) is 14.2. The van der Waals surface area contributed by atoms with Crippen molar-refractivity contribution in [2.75, 3.05) is 64.7 Å². The molecule has 34 heavy (non-hydrogen) atoms. The van der Waals surface area contributed by atoms with Crippen molar-refractivity contribution in [3.8, 4) is 17.2 Å². The van der Waals surface area contributed by atoms with Gasteiger partial charge >= 0.3 is 0 Å². The molecule has 1 aliphatic rings. The van der Waals surface area contributed by atoms with Gasteiger partial charge in [-0.3, -0.25) is 9.88 Å². The van der Waals surface area contributed by atoms with E-state index in [1.165, 1.54) is 0 Å². The minimum atomic E-state index is 0.490. The minimum absolute atomic E-state index is 0.490. The summed E-state index contributed by atoms with van der Waals surface area (Å²) in [5.41, 5.74) is 9.84. The summed E-state index contributed by atoms with van der Waals surface area (Å²) in [5.74, 6) is 1.99. The van der Waals surface area contributed by atoms with Crippen LogP contribution in [0, 0.1) is 6.92 Å². The van der Waals surface area contributed by atoms with Crippen molar-refractivity contribution in [1.82, 2.24) is 9.88 Å². The molecule has 1 aromatic heterocycles. The fourth-order valence-corrected chi connectivity index (χ4v) is 4.29. The molecule has 0 aliphatic carbocycles. The first kappa shape index (κ1) is 24.2. The van der Waals surface area contributed by atoms with Gasteiger partial charge < -0.3 is 30.0 Å². The van der Waals surface area contributed by atoms with E-state index < -0.39 is 0 Å². The fraction of sp³-hybridized carbons (Fsp3) is 0.400. The van der Waals surface area contributed by atoms with Gasteiger partial charge in [0.05, 0.1) is 67.8 Å². The van der Waals surface area contributed by atoms with Gasteiger partial charge in [0.2, 0.25) is 0 Å². The Hall–Kier alpha value is -2.94. The number of methoxy groups -OCH3 is 2. The second-order valence-corrected chi connectivity index (χ2v) is 8.60. The number of ether oxygens (including phenoxy) is 4. The number of rotatable bonds is 9. The van der Waals surface area contributed by atoms with Crippen LogP contribution in [0.2, 0.25) is 5.02 Å². The van der Waals surface area contributed by atoms with Crippen LogP contribution in [0.3, 0.4) is 0 Å². The Bertz CT molecular complexity index is 1150. The highest BCUT2D eigenvalue weighted by Gasteiger charge is 2.16. The standard InChI is InChI=1S/C25H31ClN4O4/c1-16-11-18(26)21(14-22(16)31-2)29-25-17-12-23(32-3)24(13-20(17)28-15-19(25)27)34-8-4-5-30-6-9-33-10-7-30/h11-15H,4-10,27H2,1-3H3,(H,28,29). The quantitative estimate of drug-likeness (QED) is 0.423. The average molecular weight is 487 g/mol. The van der Waals surface area contributed by atoms with Crippen molar-refractivity contribution in [1.29, 1.82) is 0 Å². The first-order chi connectivity index (χ1) is 16.5. The Labute approximate surface area is 204 Å². The van der Waals surface area contributed by atoms with Crippen molar-refractivity contribution >= 4 is 39.6 Å². The summed E-state index contributed by atoms with van der Waals surface area (Å²) in [6.07, 6.45) is 2.54. The number of halogens is 1. The van der Waals surface area contributed by atoms with E-state index in [4.69, 9.17) is 36.3 Å². The van der Waals surface area contributed by atoms with Gasteiger partial charge in [-0.25, -0.2) is 0 Å². The zero-order valence-electron chi connectivity index (χ0n) is 19.8. The van der Waals surface area contributed by atoms with Gasteiger partial charge in [0.15, 0.2) is 11.5 Å². The molecule has 3 aromatic rings. The molecule has 0 bridgehead atoms. The van der Waals surface area contributed by atoms with Gasteiger partial charge in [-0.05, 0) is 31.0 Å². The van der Waals surface area contributed by atoms with E-state index in [0.29, 0.717) is 40.2 Å². The number of anilines is 3. The molecule has 0 radical (unpaired) electrons. The lowest BCUT2D eigenvalue weighted by Gasteiger charge is -2.26. The smallest absolute Gasteiger partial charge is 0.163 e. The lowest BCUT2D eigenvalue weighted by atomic mass is 10.1. The van der Waals surface area contributed by atoms with E-state index in [0.717, 1.165) is 61.5 Å². The molecule has 0 amide bonds. The van der Waals surface area contributed by atoms with Crippen LogP contribution in [-0.4, -0.2) is 63.6 Å². The van der Waals surface area contributed by atoms with Crippen LogP contribution >= 0.6 is 11.6 Å². The van der Waals surface area contributed by atoms with E-state index in [-0.39, 0.29) is 0 Å². The minimum Gasteiger partial charge on any atom is -0.496 e. The first-order valence-electron chi connectivity index (χ1n) is 11.3. The molecule has 2 aromatic carbocycles. The third kappa shape index (κ3) is 5.41. The van der Waals surface area contributed by atoms with Crippen molar-refractivity contribution < 1.29 is 18.9 Å². The van der Waals surface area contributed by atoms with Crippen molar-refractivity contribution in [2.24, 2.45) is 0 Å². The molecule has 1 aliphatic heterocycles. The molecule has 2 heterocycles. The molecule has 1 fully saturated rings. The van der Waals surface area contributed by atoms with Gasteiger partial charge in [-0.15, -0.1) is 0 Å². The maximum Gasteiger partial charge on any atom is 0.163 e. The lowest BCUT2D eigenvalue weighted by molar-refractivity contribution is 0.0357. The van der Waals surface area contributed by atoms with E-state index in [2.05, 4.69) is 15.2 Å². The highest BCUT2D eigenvalue weighted by molar-refractivity contribution is 6.33. The van der Waals surface area contributed by atoms with Crippen LogP contribution in [-0.2, 0) is 4.74 Å². The Morgan fingerprint density at radius 3 is 2.59 bits per heavy atom. The van der Waals surface area contributed by atoms with Crippen LogP contribution in [0.5, 0.6) is 17.2 Å². The summed E-state index contributed by atoms with van der Waals surface area (Å²) in [5, 5.41) is 4.72. The number of nitrogen functional groups attached to an aromatic ring is 1. The van der Waals surface area contributed by atoms with Gasteiger partial charge in [0.1, 0.15) is 5.75 Å². The number of nitrogens with one attached hydrogen (secondary N) is 1. The summed E-state index contributed by atoms with van der Waals surface area (Å²) >= 11 is 6.49. The summed E-state index contributed by atoms with van der Waals surface area (Å²) in [7, 11) is 3.25. The van der Waals surface area contributed by atoms with Crippen LogP contribution < -0.4 is 25.3 Å². The second kappa shape index (κ2) is 11.0. The summed E-state index contributed by atoms with van der Waals surface area (Å²) in [6, 6.07) is 7.47. The van der Waals surface area contributed by atoms with Gasteiger partial charge in [0.25, 0.3) is 0 Å². The van der Waals surface area contributed by atoms with Crippen molar-refractivity contribution in [3.63, 3.8) is 0 Å².